The van der Waals surface area contributed by atoms with E-state index in [1.807, 2.05) is 13.1 Å². The molecule has 0 saturated carbocycles. The molecule has 0 amide bonds. The topological polar surface area (TPSA) is 34.5 Å². The third-order valence-electron chi connectivity index (χ3n) is 5.55. The lowest BCUT2D eigenvalue weighted by atomic mass is 10.0. The lowest BCUT2D eigenvalue weighted by Gasteiger charge is -2.24. The molecule has 1 aromatic heterocycles. The van der Waals surface area contributed by atoms with Crippen molar-refractivity contribution in [1.82, 2.24) is 9.47 Å². The molecule has 2 heterocycles. The second kappa shape index (κ2) is 7.80. The van der Waals surface area contributed by atoms with Crippen molar-refractivity contribution < 1.29 is 22.7 Å². The van der Waals surface area contributed by atoms with Gasteiger partial charge in [0.05, 0.1) is 23.3 Å². The number of para-hydroxylation sites is 1. The van der Waals surface area contributed by atoms with E-state index < -0.39 is 17.7 Å². The molecule has 0 bridgehead atoms. The lowest BCUT2D eigenvalue weighted by molar-refractivity contribution is -0.136. The van der Waals surface area contributed by atoms with Gasteiger partial charge in [0.2, 0.25) is 0 Å². The molecule has 0 fully saturated rings. The van der Waals surface area contributed by atoms with E-state index in [-0.39, 0.29) is 18.7 Å². The molecule has 0 unspecified atom stereocenters. The summed E-state index contributed by atoms with van der Waals surface area (Å²) in [7, 11) is 1.97. The second-order valence-corrected chi connectivity index (χ2v) is 7.62. The number of esters is 1. The number of likely N-dealkylation sites (N-methyl/N-ethyl adjacent to an activating group) is 1. The van der Waals surface area contributed by atoms with Crippen LogP contribution in [0.15, 0.2) is 42.5 Å². The number of halogens is 3. The summed E-state index contributed by atoms with van der Waals surface area (Å²) in [5.41, 5.74) is 2.63. The Morgan fingerprint density at radius 2 is 1.93 bits per heavy atom. The van der Waals surface area contributed by atoms with Gasteiger partial charge in [0.15, 0.2) is 0 Å². The SMILES string of the molecule is CCOC(=O)c1cccc(Cn2c3c(c4cccc(C(F)(F)F)c42)CN(C)CC3)c1. The van der Waals surface area contributed by atoms with Crippen molar-refractivity contribution >= 4 is 16.9 Å². The number of rotatable bonds is 4. The lowest BCUT2D eigenvalue weighted by Crippen LogP contribution is -2.27. The maximum Gasteiger partial charge on any atom is 0.418 e. The summed E-state index contributed by atoms with van der Waals surface area (Å²) in [5, 5.41) is 0.646. The standard InChI is InChI=1S/C23H23F3N2O2/c1-3-30-22(29)16-7-4-6-15(12-16)13-28-20-10-11-27(2)14-18(20)17-8-5-9-19(21(17)28)23(24,25)26/h4-9,12H,3,10-11,13-14H2,1-2H3. The predicted octanol–water partition coefficient (Wildman–Crippen LogP) is 4.87. The number of benzene rings is 2. The van der Waals surface area contributed by atoms with Gasteiger partial charge in [0, 0.05) is 37.1 Å². The van der Waals surface area contributed by atoms with Crippen LogP contribution in [-0.2, 0) is 30.4 Å². The third kappa shape index (κ3) is 3.69. The van der Waals surface area contributed by atoms with Crippen molar-refractivity contribution in [2.45, 2.75) is 32.6 Å². The molecule has 158 valence electrons. The van der Waals surface area contributed by atoms with Gasteiger partial charge in [-0.2, -0.15) is 13.2 Å². The highest BCUT2D eigenvalue weighted by Crippen LogP contribution is 2.39. The van der Waals surface area contributed by atoms with Gasteiger partial charge in [-0.1, -0.05) is 24.3 Å². The first-order valence-corrected chi connectivity index (χ1v) is 9.94. The van der Waals surface area contributed by atoms with Crippen LogP contribution in [0.5, 0.6) is 0 Å². The van der Waals surface area contributed by atoms with Crippen LogP contribution in [0, 0.1) is 0 Å². The number of hydrogen-bond donors (Lipinski definition) is 0. The number of alkyl halides is 3. The van der Waals surface area contributed by atoms with Gasteiger partial charge >= 0.3 is 12.1 Å². The largest absolute Gasteiger partial charge is 0.462 e. The molecule has 4 rings (SSSR count). The minimum Gasteiger partial charge on any atom is -0.462 e. The molecule has 0 N–H and O–H groups in total. The number of aromatic nitrogens is 1. The van der Waals surface area contributed by atoms with Crippen LogP contribution in [0.1, 0.15) is 39.7 Å². The molecular weight excluding hydrogens is 393 g/mol. The zero-order valence-electron chi connectivity index (χ0n) is 16.9. The zero-order valence-corrected chi connectivity index (χ0v) is 16.9. The maximum absolute atomic E-state index is 13.8. The highest BCUT2D eigenvalue weighted by Gasteiger charge is 2.36. The van der Waals surface area contributed by atoms with E-state index in [0.717, 1.165) is 29.4 Å². The van der Waals surface area contributed by atoms with Crippen molar-refractivity contribution in [2.75, 3.05) is 20.2 Å². The first-order valence-electron chi connectivity index (χ1n) is 9.94. The van der Waals surface area contributed by atoms with Crippen molar-refractivity contribution in [3.8, 4) is 0 Å². The van der Waals surface area contributed by atoms with E-state index in [1.54, 1.807) is 35.8 Å². The fourth-order valence-corrected chi connectivity index (χ4v) is 4.24. The van der Waals surface area contributed by atoms with E-state index in [9.17, 15) is 18.0 Å². The second-order valence-electron chi connectivity index (χ2n) is 7.62. The van der Waals surface area contributed by atoms with Gasteiger partial charge in [0.1, 0.15) is 0 Å². The van der Waals surface area contributed by atoms with Crippen LogP contribution >= 0.6 is 0 Å². The van der Waals surface area contributed by atoms with Crippen molar-refractivity contribution in [3.05, 3.63) is 70.4 Å². The molecule has 1 aliphatic heterocycles. The number of ether oxygens (including phenoxy) is 1. The maximum atomic E-state index is 13.8. The van der Waals surface area contributed by atoms with Crippen LogP contribution < -0.4 is 0 Å². The summed E-state index contributed by atoms with van der Waals surface area (Å²) in [5.74, 6) is -0.434. The normalized spacial score (nSPS) is 14.7. The highest BCUT2D eigenvalue weighted by molar-refractivity contribution is 5.90. The number of carbonyl (C=O) groups excluding carboxylic acids is 1. The first kappa shape index (κ1) is 20.5. The number of fused-ring (bicyclic) bond motifs is 3. The third-order valence-corrected chi connectivity index (χ3v) is 5.55. The molecule has 0 atom stereocenters. The Morgan fingerprint density at radius 3 is 2.67 bits per heavy atom. The number of hydrogen-bond acceptors (Lipinski definition) is 3. The Kier molecular flexibility index (Phi) is 5.32. The van der Waals surface area contributed by atoms with E-state index in [4.69, 9.17) is 4.74 Å². The molecule has 0 saturated heterocycles. The summed E-state index contributed by atoms with van der Waals surface area (Å²) in [6, 6.07) is 11.3. The van der Waals surface area contributed by atoms with Gasteiger partial charge in [-0.25, -0.2) is 4.79 Å². The molecule has 0 aliphatic carbocycles. The average Bonchev–Trinajstić information content (AvgIpc) is 3.01. The number of nitrogens with zero attached hydrogens (tertiary/aromatic N) is 2. The molecular formula is C23H23F3N2O2. The summed E-state index contributed by atoms with van der Waals surface area (Å²) in [6.07, 6.45) is -3.77. The van der Waals surface area contributed by atoms with E-state index in [0.29, 0.717) is 23.9 Å². The minimum absolute atomic E-state index is 0.215. The van der Waals surface area contributed by atoms with Crippen LogP contribution in [0.3, 0.4) is 0 Å². The molecule has 2 aromatic carbocycles. The fraction of sp³-hybridized carbons (Fsp3) is 0.348. The van der Waals surface area contributed by atoms with Gasteiger partial charge in [-0.15, -0.1) is 0 Å². The summed E-state index contributed by atoms with van der Waals surface area (Å²) in [6.45, 7) is 3.66. The number of carbonyl (C=O) groups is 1. The predicted molar refractivity (Wildman–Crippen MR) is 108 cm³/mol. The molecule has 3 aromatic rings. The van der Waals surface area contributed by atoms with E-state index in [2.05, 4.69) is 4.90 Å². The van der Waals surface area contributed by atoms with Crippen LogP contribution in [0.25, 0.3) is 10.9 Å². The van der Waals surface area contributed by atoms with Gasteiger partial charge in [-0.05, 0) is 43.3 Å². The quantitative estimate of drug-likeness (QED) is 0.569. The fourth-order valence-electron chi connectivity index (χ4n) is 4.24. The first-order chi connectivity index (χ1) is 14.3. The van der Waals surface area contributed by atoms with Crippen molar-refractivity contribution in [2.24, 2.45) is 0 Å². The Morgan fingerprint density at radius 1 is 1.17 bits per heavy atom. The van der Waals surface area contributed by atoms with Gasteiger partial charge in [-0.3, -0.25) is 0 Å². The van der Waals surface area contributed by atoms with Crippen LogP contribution in [0.2, 0.25) is 0 Å². The van der Waals surface area contributed by atoms with Gasteiger partial charge < -0.3 is 14.2 Å². The summed E-state index contributed by atoms with van der Waals surface area (Å²) in [4.78, 5) is 14.2. The van der Waals surface area contributed by atoms with Crippen molar-refractivity contribution in [3.63, 3.8) is 0 Å². The van der Waals surface area contributed by atoms with Crippen LogP contribution in [0.4, 0.5) is 13.2 Å². The molecule has 0 radical (unpaired) electrons. The molecule has 7 heteroatoms. The summed E-state index contributed by atoms with van der Waals surface area (Å²) >= 11 is 0. The van der Waals surface area contributed by atoms with E-state index in [1.165, 1.54) is 6.07 Å². The minimum atomic E-state index is -4.45. The Labute approximate surface area is 172 Å². The molecule has 0 spiro atoms. The Bertz CT molecular complexity index is 1100. The average molecular weight is 416 g/mol. The Hall–Kier alpha value is -2.80. The van der Waals surface area contributed by atoms with E-state index >= 15 is 0 Å². The van der Waals surface area contributed by atoms with Gasteiger partial charge in [0.25, 0.3) is 0 Å². The zero-order chi connectivity index (χ0) is 21.5. The van der Waals surface area contributed by atoms with Crippen LogP contribution in [-0.4, -0.2) is 35.6 Å². The molecule has 30 heavy (non-hydrogen) atoms. The van der Waals surface area contributed by atoms with Crippen molar-refractivity contribution in [1.29, 1.82) is 0 Å². The molecule has 4 nitrogen and oxygen atoms in total. The monoisotopic (exact) mass is 416 g/mol. The smallest absolute Gasteiger partial charge is 0.418 e. The summed E-state index contributed by atoms with van der Waals surface area (Å²) < 4.78 is 48.4. The molecule has 1 aliphatic rings. The highest BCUT2D eigenvalue weighted by atomic mass is 19.4. The Balaban J connectivity index is 1.87.